The average molecular weight is 329 g/mol. The Morgan fingerprint density at radius 2 is 1.96 bits per heavy atom. The number of benzene rings is 2. The molecule has 1 aromatic heterocycles. The van der Waals surface area contributed by atoms with Crippen molar-refractivity contribution in [2.24, 2.45) is 0 Å². The number of carbonyl (C=O) groups excluding carboxylic acids is 1. The second-order valence-electron chi connectivity index (χ2n) is 4.66. The van der Waals surface area contributed by atoms with E-state index < -0.39 is 0 Å². The summed E-state index contributed by atoms with van der Waals surface area (Å²) >= 11 is 5.87. The molecule has 3 aromatic rings. The third kappa shape index (κ3) is 3.83. The van der Waals surface area contributed by atoms with Crippen molar-refractivity contribution in [1.29, 1.82) is 0 Å². The van der Waals surface area contributed by atoms with E-state index in [1.54, 1.807) is 28.9 Å². The monoisotopic (exact) mass is 328 g/mol. The third-order valence-electron chi connectivity index (χ3n) is 3.02. The Hall–Kier alpha value is -2.93. The Labute approximate surface area is 137 Å². The molecule has 0 bridgehead atoms. The lowest BCUT2D eigenvalue weighted by Crippen LogP contribution is -2.29. The number of tetrazole rings is 1. The van der Waals surface area contributed by atoms with Gasteiger partial charge in [0.05, 0.1) is 12.2 Å². The number of nitrogens with zero attached hydrogens (tertiary/aromatic N) is 4. The van der Waals surface area contributed by atoms with E-state index in [1.165, 1.54) is 0 Å². The standard InChI is InChI=1S/C15H13ClN6O/c16-11-5-4-6-12(9-11)18-15(23)17-10-14-19-20-21-22(14)13-7-2-1-3-8-13/h1-9H,10H2,(H2,17,18,23). The number of nitrogens with one attached hydrogen (secondary N) is 2. The molecular weight excluding hydrogens is 316 g/mol. The van der Waals surface area contributed by atoms with Crippen molar-refractivity contribution in [3.63, 3.8) is 0 Å². The van der Waals surface area contributed by atoms with Gasteiger partial charge in [0.1, 0.15) is 0 Å². The summed E-state index contributed by atoms with van der Waals surface area (Å²) in [5.41, 5.74) is 1.43. The van der Waals surface area contributed by atoms with E-state index in [0.717, 1.165) is 5.69 Å². The summed E-state index contributed by atoms with van der Waals surface area (Å²) in [5, 5.41) is 17.4. The first-order valence-electron chi connectivity index (χ1n) is 6.85. The van der Waals surface area contributed by atoms with Crippen LogP contribution < -0.4 is 10.6 Å². The first-order chi connectivity index (χ1) is 11.2. The third-order valence-corrected chi connectivity index (χ3v) is 3.26. The van der Waals surface area contributed by atoms with E-state index >= 15 is 0 Å². The molecule has 3 rings (SSSR count). The van der Waals surface area contributed by atoms with Gasteiger partial charge in [0.15, 0.2) is 5.82 Å². The molecule has 23 heavy (non-hydrogen) atoms. The molecule has 7 nitrogen and oxygen atoms in total. The van der Waals surface area contributed by atoms with Gasteiger partial charge < -0.3 is 10.6 Å². The molecule has 8 heteroatoms. The van der Waals surface area contributed by atoms with Crippen molar-refractivity contribution in [2.45, 2.75) is 6.54 Å². The van der Waals surface area contributed by atoms with Crippen molar-refractivity contribution in [2.75, 3.05) is 5.32 Å². The Morgan fingerprint density at radius 1 is 1.13 bits per heavy atom. The number of urea groups is 1. The Kier molecular flexibility index (Phi) is 4.49. The van der Waals surface area contributed by atoms with Gasteiger partial charge in [-0.1, -0.05) is 35.9 Å². The smallest absolute Gasteiger partial charge is 0.319 e. The number of halogens is 1. The SMILES string of the molecule is O=C(NCc1nnnn1-c1ccccc1)Nc1cccc(Cl)c1. The fourth-order valence-electron chi connectivity index (χ4n) is 1.99. The first kappa shape index (κ1) is 15.0. The average Bonchev–Trinajstić information content (AvgIpc) is 3.02. The molecule has 0 aliphatic carbocycles. The zero-order valence-corrected chi connectivity index (χ0v) is 12.7. The normalized spacial score (nSPS) is 10.3. The summed E-state index contributed by atoms with van der Waals surface area (Å²) in [6.45, 7) is 0.189. The van der Waals surface area contributed by atoms with Crippen LogP contribution in [0.25, 0.3) is 5.69 Å². The topological polar surface area (TPSA) is 84.7 Å². The second kappa shape index (κ2) is 6.89. The first-order valence-corrected chi connectivity index (χ1v) is 7.23. The van der Waals surface area contributed by atoms with Crippen LogP contribution in [0.5, 0.6) is 0 Å². The summed E-state index contributed by atoms with van der Waals surface area (Å²) in [5.74, 6) is 0.525. The van der Waals surface area contributed by atoms with Gasteiger partial charge in [-0.3, -0.25) is 0 Å². The highest BCUT2D eigenvalue weighted by Gasteiger charge is 2.09. The van der Waals surface area contributed by atoms with Crippen molar-refractivity contribution in [1.82, 2.24) is 25.5 Å². The number of para-hydroxylation sites is 1. The minimum Gasteiger partial charge on any atom is -0.330 e. The van der Waals surface area contributed by atoms with Gasteiger partial charge in [-0.25, -0.2) is 4.79 Å². The highest BCUT2D eigenvalue weighted by atomic mass is 35.5. The quantitative estimate of drug-likeness (QED) is 0.771. The van der Waals surface area contributed by atoms with Crippen LogP contribution in [0.4, 0.5) is 10.5 Å². The number of rotatable bonds is 4. The van der Waals surface area contributed by atoms with Gasteiger partial charge in [-0.2, -0.15) is 4.68 Å². The maximum atomic E-state index is 11.9. The van der Waals surface area contributed by atoms with Crippen molar-refractivity contribution in [3.8, 4) is 5.69 Å². The maximum absolute atomic E-state index is 11.9. The number of aromatic nitrogens is 4. The molecule has 2 aromatic carbocycles. The highest BCUT2D eigenvalue weighted by molar-refractivity contribution is 6.30. The van der Waals surface area contributed by atoms with E-state index in [4.69, 9.17) is 11.6 Å². The van der Waals surface area contributed by atoms with Crippen LogP contribution in [0.1, 0.15) is 5.82 Å². The number of hydrogen-bond donors (Lipinski definition) is 2. The lowest BCUT2D eigenvalue weighted by Gasteiger charge is -2.08. The van der Waals surface area contributed by atoms with Crippen LogP contribution in [0.15, 0.2) is 54.6 Å². The molecular formula is C15H13ClN6O. The van der Waals surface area contributed by atoms with Gasteiger partial charge >= 0.3 is 6.03 Å². The van der Waals surface area contributed by atoms with Crippen molar-refractivity contribution < 1.29 is 4.79 Å². The minimum absolute atomic E-state index is 0.189. The fourth-order valence-corrected chi connectivity index (χ4v) is 2.18. The molecule has 0 saturated carbocycles. The predicted octanol–water partition coefficient (Wildman–Crippen LogP) is 2.64. The molecule has 2 amide bonds. The number of hydrogen-bond acceptors (Lipinski definition) is 4. The minimum atomic E-state index is -0.366. The molecule has 0 saturated heterocycles. The molecule has 2 N–H and O–H groups in total. The van der Waals surface area contributed by atoms with Gasteiger partial charge in [-0.05, 0) is 40.8 Å². The van der Waals surface area contributed by atoms with E-state index in [1.807, 2.05) is 30.3 Å². The van der Waals surface area contributed by atoms with Crippen LogP contribution in [0.2, 0.25) is 5.02 Å². The largest absolute Gasteiger partial charge is 0.330 e. The van der Waals surface area contributed by atoms with E-state index in [9.17, 15) is 4.79 Å². The lowest BCUT2D eigenvalue weighted by atomic mass is 10.3. The van der Waals surface area contributed by atoms with Crippen molar-refractivity contribution >= 4 is 23.3 Å². The lowest BCUT2D eigenvalue weighted by molar-refractivity contribution is 0.251. The maximum Gasteiger partial charge on any atom is 0.319 e. The van der Waals surface area contributed by atoms with Crippen LogP contribution >= 0.6 is 11.6 Å². The summed E-state index contributed by atoms with van der Waals surface area (Å²) in [4.78, 5) is 11.9. The van der Waals surface area contributed by atoms with Crippen LogP contribution in [0.3, 0.4) is 0 Å². The molecule has 0 fully saturated rings. The summed E-state index contributed by atoms with van der Waals surface area (Å²) in [6.07, 6.45) is 0. The van der Waals surface area contributed by atoms with Gasteiger partial charge in [0.25, 0.3) is 0 Å². The van der Waals surface area contributed by atoms with Crippen LogP contribution in [0, 0.1) is 0 Å². The van der Waals surface area contributed by atoms with Gasteiger partial charge in [0, 0.05) is 10.7 Å². The van der Waals surface area contributed by atoms with Crippen LogP contribution in [-0.2, 0) is 6.54 Å². The summed E-state index contributed by atoms with van der Waals surface area (Å²) in [6, 6.07) is 16.0. The molecule has 0 unspecified atom stereocenters. The molecule has 0 aliphatic heterocycles. The Balaban J connectivity index is 1.63. The zero-order chi connectivity index (χ0) is 16.1. The molecule has 0 atom stereocenters. The summed E-state index contributed by atoms with van der Waals surface area (Å²) < 4.78 is 1.57. The number of carbonyl (C=O) groups is 1. The molecule has 0 radical (unpaired) electrons. The fraction of sp³-hybridized carbons (Fsp3) is 0.0667. The van der Waals surface area contributed by atoms with Gasteiger partial charge in [0.2, 0.25) is 0 Å². The molecule has 116 valence electrons. The van der Waals surface area contributed by atoms with Gasteiger partial charge in [-0.15, -0.1) is 5.10 Å². The molecule has 0 aliphatic rings. The highest BCUT2D eigenvalue weighted by Crippen LogP contribution is 2.14. The number of amides is 2. The zero-order valence-electron chi connectivity index (χ0n) is 12.0. The van der Waals surface area contributed by atoms with E-state index in [2.05, 4.69) is 26.2 Å². The predicted molar refractivity (Wildman–Crippen MR) is 86.5 cm³/mol. The molecule has 0 spiro atoms. The van der Waals surface area contributed by atoms with E-state index in [-0.39, 0.29) is 12.6 Å². The van der Waals surface area contributed by atoms with Crippen molar-refractivity contribution in [3.05, 3.63) is 65.4 Å². The summed E-state index contributed by atoms with van der Waals surface area (Å²) in [7, 11) is 0. The second-order valence-corrected chi connectivity index (χ2v) is 5.10. The Bertz CT molecular complexity index is 804. The Morgan fingerprint density at radius 3 is 2.74 bits per heavy atom. The van der Waals surface area contributed by atoms with E-state index in [0.29, 0.717) is 16.5 Å². The number of anilines is 1. The molecule has 1 heterocycles. The van der Waals surface area contributed by atoms with Crippen LogP contribution in [-0.4, -0.2) is 26.2 Å².